The minimum absolute atomic E-state index is 0.250. The second kappa shape index (κ2) is 7.25. The predicted molar refractivity (Wildman–Crippen MR) is 71.7 cm³/mol. The number of hydrogen-bond donors (Lipinski definition) is 1. The normalized spacial score (nSPS) is 13.9. The molecule has 7 heteroatoms. The summed E-state index contributed by atoms with van der Waals surface area (Å²) in [5.74, 6) is 0.396. The minimum Gasteiger partial charge on any atom is -0.478 e. The third-order valence-electron chi connectivity index (χ3n) is 2.87. The highest BCUT2D eigenvalue weighted by molar-refractivity contribution is 5.92. The van der Waals surface area contributed by atoms with Crippen LogP contribution in [0.4, 0.5) is 0 Å². The molecular weight excluding hydrogens is 262 g/mol. The highest BCUT2D eigenvalue weighted by Gasteiger charge is 2.18. The van der Waals surface area contributed by atoms with Crippen molar-refractivity contribution in [2.24, 2.45) is 0 Å². The molecule has 1 aliphatic rings. The van der Waals surface area contributed by atoms with Crippen LogP contribution in [0.1, 0.15) is 30.8 Å². The summed E-state index contributed by atoms with van der Waals surface area (Å²) < 4.78 is 17.9. The van der Waals surface area contributed by atoms with Crippen molar-refractivity contribution in [3.63, 3.8) is 0 Å². The maximum absolute atomic E-state index is 12.0. The number of ether oxygens (including phenoxy) is 3. The fourth-order valence-electron chi connectivity index (χ4n) is 1.98. The van der Waals surface area contributed by atoms with Gasteiger partial charge in [-0.15, -0.1) is 0 Å². The van der Waals surface area contributed by atoms with Crippen LogP contribution in [0.2, 0.25) is 0 Å². The largest absolute Gasteiger partial charge is 0.478 e. The second-order valence-corrected chi connectivity index (χ2v) is 4.34. The van der Waals surface area contributed by atoms with Gasteiger partial charge in [0.25, 0.3) is 5.91 Å². The van der Waals surface area contributed by atoms with E-state index in [2.05, 4.69) is 10.4 Å². The van der Waals surface area contributed by atoms with E-state index in [-0.39, 0.29) is 5.91 Å². The number of aromatic nitrogens is 2. The third kappa shape index (κ3) is 3.71. The number of amides is 1. The highest BCUT2D eigenvalue weighted by Crippen LogP contribution is 2.18. The molecule has 1 aliphatic heterocycles. The molecule has 0 bridgehead atoms. The molecular formula is C13H21N3O4. The first-order chi connectivity index (χ1) is 9.74. The van der Waals surface area contributed by atoms with E-state index < -0.39 is 6.29 Å². The van der Waals surface area contributed by atoms with Gasteiger partial charge in [-0.05, 0) is 13.8 Å². The first-order valence-electron chi connectivity index (χ1n) is 6.96. The van der Waals surface area contributed by atoms with Gasteiger partial charge < -0.3 is 19.5 Å². The molecule has 0 spiro atoms. The summed E-state index contributed by atoms with van der Waals surface area (Å²) in [7, 11) is 0. The fourth-order valence-corrected chi connectivity index (χ4v) is 1.98. The molecule has 1 N–H and O–H groups in total. The molecule has 0 atom stereocenters. The van der Waals surface area contributed by atoms with Crippen LogP contribution in [0.25, 0.3) is 0 Å². The van der Waals surface area contributed by atoms with Gasteiger partial charge in [0.2, 0.25) is 5.88 Å². The number of carbonyl (C=O) groups is 1. The number of rotatable bonds is 7. The Labute approximate surface area is 118 Å². The number of fused-ring (bicyclic) bond motifs is 1. The van der Waals surface area contributed by atoms with Crippen molar-refractivity contribution in [3.8, 4) is 5.88 Å². The van der Waals surface area contributed by atoms with E-state index in [0.717, 1.165) is 13.0 Å². The Morgan fingerprint density at radius 1 is 1.50 bits per heavy atom. The van der Waals surface area contributed by atoms with Crippen LogP contribution in [0.3, 0.4) is 0 Å². The summed E-state index contributed by atoms with van der Waals surface area (Å²) in [6, 6.07) is 1.66. The van der Waals surface area contributed by atoms with Crippen LogP contribution >= 0.6 is 0 Å². The van der Waals surface area contributed by atoms with Crippen molar-refractivity contribution in [2.45, 2.75) is 33.1 Å². The standard InChI is InChI=1S/C13H21N3O4/c1-3-18-12(19-4-2)9-14-13(17)10-8-11-16(15-10)6-5-7-20-11/h8,12H,3-7,9H2,1-2H3,(H,14,17). The molecule has 0 aromatic carbocycles. The number of carbonyl (C=O) groups excluding carboxylic acids is 1. The van der Waals surface area contributed by atoms with Crippen LogP contribution in [0, 0.1) is 0 Å². The maximum atomic E-state index is 12.0. The smallest absolute Gasteiger partial charge is 0.272 e. The number of nitrogens with one attached hydrogen (secondary N) is 1. The molecule has 0 saturated carbocycles. The van der Waals surface area contributed by atoms with Crippen molar-refractivity contribution in [1.29, 1.82) is 0 Å². The Morgan fingerprint density at radius 2 is 2.25 bits per heavy atom. The fraction of sp³-hybridized carbons (Fsp3) is 0.692. The zero-order valence-electron chi connectivity index (χ0n) is 11.9. The molecule has 0 aliphatic carbocycles. The van der Waals surface area contributed by atoms with Crippen LogP contribution in [0.15, 0.2) is 6.07 Å². The quantitative estimate of drug-likeness (QED) is 0.749. The first kappa shape index (κ1) is 14.8. The minimum atomic E-state index is -0.428. The predicted octanol–water partition coefficient (Wildman–Crippen LogP) is 0.794. The topological polar surface area (TPSA) is 74.6 Å². The van der Waals surface area contributed by atoms with E-state index >= 15 is 0 Å². The van der Waals surface area contributed by atoms with E-state index in [1.54, 1.807) is 10.7 Å². The summed E-state index contributed by atoms with van der Waals surface area (Å²) in [5, 5.41) is 6.98. The van der Waals surface area contributed by atoms with E-state index in [4.69, 9.17) is 14.2 Å². The van der Waals surface area contributed by atoms with Gasteiger partial charge in [0.15, 0.2) is 12.0 Å². The molecule has 1 aromatic heterocycles. The summed E-state index contributed by atoms with van der Waals surface area (Å²) >= 11 is 0. The van der Waals surface area contributed by atoms with Crippen molar-refractivity contribution in [1.82, 2.24) is 15.1 Å². The van der Waals surface area contributed by atoms with Gasteiger partial charge in [0, 0.05) is 32.2 Å². The lowest BCUT2D eigenvalue weighted by molar-refractivity contribution is -0.131. The Morgan fingerprint density at radius 3 is 2.90 bits per heavy atom. The number of nitrogens with zero attached hydrogens (tertiary/aromatic N) is 2. The van der Waals surface area contributed by atoms with Gasteiger partial charge in [-0.25, -0.2) is 4.68 Å². The van der Waals surface area contributed by atoms with Gasteiger partial charge in [-0.3, -0.25) is 4.79 Å². The van der Waals surface area contributed by atoms with Crippen LogP contribution in [0.5, 0.6) is 5.88 Å². The summed E-state index contributed by atoms with van der Waals surface area (Å²) in [6.45, 7) is 6.58. The Hall–Kier alpha value is -1.60. The molecule has 2 rings (SSSR count). The molecule has 0 saturated heterocycles. The molecule has 0 radical (unpaired) electrons. The lowest BCUT2D eigenvalue weighted by Gasteiger charge is -2.16. The first-order valence-corrected chi connectivity index (χ1v) is 6.96. The lowest BCUT2D eigenvalue weighted by Crippen LogP contribution is -2.35. The Balaban J connectivity index is 1.89. The molecule has 2 heterocycles. The highest BCUT2D eigenvalue weighted by atomic mass is 16.7. The summed E-state index contributed by atoms with van der Waals surface area (Å²) in [6.07, 6.45) is 0.481. The molecule has 0 fully saturated rings. The molecule has 7 nitrogen and oxygen atoms in total. The van der Waals surface area contributed by atoms with E-state index in [0.29, 0.717) is 37.9 Å². The van der Waals surface area contributed by atoms with Gasteiger partial charge in [0.1, 0.15) is 0 Å². The van der Waals surface area contributed by atoms with Gasteiger partial charge in [-0.2, -0.15) is 5.10 Å². The zero-order chi connectivity index (χ0) is 14.4. The Kier molecular flexibility index (Phi) is 5.37. The summed E-state index contributed by atoms with van der Waals surface area (Å²) in [4.78, 5) is 12.0. The van der Waals surface area contributed by atoms with E-state index in [1.165, 1.54) is 0 Å². The van der Waals surface area contributed by atoms with Crippen LogP contribution in [-0.4, -0.2) is 48.3 Å². The maximum Gasteiger partial charge on any atom is 0.272 e. The Bertz CT molecular complexity index is 417. The average Bonchev–Trinajstić information content (AvgIpc) is 2.89. The zero-order valence-corrected chi connectivity index (χ0v) is 11.9. The monoisotopic (exact) mass is 283 g/mol. The lowest BCUT2D eigenvalue weighted by atomic mass is 10.4. The molecule has 1 aromatic rings. The molecule has 1 amide bonds. The molecule has 20 heavy (non-hydrogen) atoms. The van der Waals surface area contributed by atoms with Crippen molar-refractivity contribution >= 4 is 5.91 Å². The van der Waals surface area contributed by atoms with Gasteiger partial charge >= 0.3 is 0 Å². The number of aryl methyl sites for hydroxylation is 1. The van der Waals surface area contributed by atoms with Crippen molar-refractivity contribution in [2.75, 3.05) is 26.4 Å². The number of hydrogen-bond acceptors (Lipinski definition) is 5. The summed E-state index contributed by atoms with van der Waals surface area (Å²) in [5.41, 5.74) is 0.355. The van der Waals surface area contributed by atoms with Gasteiger partial charge in [-0.1, -0.05) is 0 Å². The van der Waals surface area contributed by atoms with E-state index in [1.807, 2.05) is 13.8 Å². The van der Waals surface area contributed by atoms with Crippen molar-refractivity contribution < 1.29 is 19.0 Å². The average molecular weight is 283 g/mol. The SMILES string of the molecule is CCOC(CNC(=O)c1cc2n(n1)CCCO2)OCC. The van der Waals surface area contributed by atoms with E-state index in [9.17, 15) is 4.79 Å². The van der Waals surface area contributed by atoms with Crippen LogP contribution < -0.4 is 10.1 Å². The van der Waals surface area contributed by atoms with Crippen molar-refractivity contribution in [3.05, 3.63) is 11.8 Å². The second-order valence-electron chi connectivity index (χ2n) is 4.34. The molecule has 0 unspecified atom stereocenters. The molecule has 112 valence electrons. The van der Waals surface area contributed by atoms with Crippen LogP contribution in [-0.2, 0) is 16.0 Å². The van der Waals surface area contributed by atoms with Gasteiger partial charge in [0.05, 0.1) is 13.2 Å². The third-order valence-corrected chi connectivity index (χ3v) is 2.87.